The van der Waals surface area contributed by atoms with Gasteiger partial charge in [-0.25, -0.2) is 0 Å². The number of amides is 1. The first-order valence-corrected chi connectivity index (χ1v) is 10.8. The summed E-state index contributed by atoms with van der Waals surface area (Å²) in [5, 5.41) is 7.18. The fraction of sp³-hybridized carbons (Fsp3) is 0.733. The molecule has 1 aliphatic heterocycles. The normalized spacial score (nSPS) is 16.0. The van der Waals surface area contributed by atoms with Crippen molar-refractivity contribution in [3.63, 3.8) is 0 Å². The average molecular weight is 341 g/mol. The summed E-state index contributed by atoms with van der Waals surface area (Å²) >= 11 is 0. The Labute approximate surface area is 138 Å². The largest absolute Gasteiger partial charge is 0.467 e. The van der Waals surface area contributed by atoms with Crippen molar-refractivity contribution in [3.8, 4) is 5.88 Å². The molecule has 7 nitrogen and oxygen atoms in total. The van der Waals surface area contributed by atoms with Gasteiger partial charge in [-0.15, -0.1) is 5.10 Å². The van der Waals surface area contributed by atoms with Crippen LogP contribution in [-0.2, 0) is 20.5 Å². The number of ether oxygens (including phenoxy) is 2. The van der Waals surface area contributed by atoms with E-state index in [4.69, 9.17) is 13.9 Å². The van der Waals surface area contributed by atoms with Gasteiger partial charge in [0.05, 0.1) is 32.6 Å². The summed E-state index contributed by atoms with van der Waals surface area (Å²) in [6.07, 6.45) is 2.39. The van der Waals surface area contributed by atoms with Gasteiger partial charge in [0.15, 0.2) is 8.32 Å². The van der Waals surface area contributed by atoms with Gasteiger partial charge in [-0.3, -0.25) is 9.48 Å². The van der Waals surface area contributed by atoms with Gasteiger partial charge >= 0.3 is 0 Å². The van der Waals surface area contributed by atoms with Crippen LogP contribution in [0.3, 0.4) is 0 Å². The lowest BCUT2D eigenvalue weighted by molar-refractivity contribution is -0.105. The number of anilines is 1. The van der Waals surface area contributed by atoms with Gasteiger partial charge < -0.3 is 19.2 Å². The van der Waals surface area contributed by atoms with Crippen LogP contribution in [0, 0.1) is 0 Å². The van der Waals surface area contributed by atoms with Crippen LogP contribution in [0.1, 0.15) is 20.8 Å². The van der Waals surface area contributed by atoms with Crippen LogP contribution >= 0.6 is 0 Å². The molecule has 1 amide bonds. The fourth-order valence-corrected chi connectivity index (χ4v) is 2.85. The Bertz CT molecular complexity index is 535. The molecule has 0 aromatic carbocycles. The van der Waals surface area contributed by atoms with Crippen LogP contribution in [0.15, 0.2) is 6.20 Å². The Kier molecular flexibility index (Phi) is 5.48. The van der Waals surface area contributed by atoms with E-state index in [2.05, 4.69) is 44.3 Å². The second-order valence-electron chi connectivity index (χ2n) is 7.26. The number of carbonyl (C=O) groups excluding carboxylic acids is 1. The Balaban J connectivity index is 1.94. The van der Waals surface area contributed by atoms with Crippen molar-refractivity contribution in [3.05, 3.63) is 6.20 Å². The first-order chi connectivity index (χ1) is 10.7. The molecule has 0 bridgehead atoms. The number of rotatable bonds is 8. The van der Waals surface area contributed by atoms with Crippen molar-refractivity contribution in [2.75, 3.05) is 25.1 Å². The number of nitrogens with one attached hydrogen (secondary N) is 1. The van der Waals surface area contributed by atoms with Gasteiger partial charge in [0.1, 0.15) is 11.8 Å². The van der Waals surface area contributed by atoms with E-state index < -0.39 is 8.32 Å². The lowest BCUT2D eigenvalue weighted by Gasteiger charge is -2.36. The van der Waals surface area contributed by atoms with Gasteiger partial charge in [0, 0.05) is 0 Å². The Morgan fingerprint density at radius 3 is 2.70 bits per heavy atom. The molecule has 1 aromatic rings. The molecule has 0 unspecified atom stereocenters. The molecule has 8 heteroatoms. The van der Waals surface area contributed by atoms with Crippen molar-refractivity contribution in [2.24, 2.45) is 0 Å². The number of nitrogens with zero attached hydrogens (tertiary/aromatic N) is 2. The van der Waals surface area contributed by atoms with Crippen molar-refractivity contribution in [2.45, 2.75) is 51.6 Å². The molecule has 1 fully saturated rings. The maximum Gasteiger partial charge on any atom is 0.257 e. The van der Waals surface area contributed by atoms with Crippen LogP contribution in [-0.4, -0.2) is 50.4 Å². The van der Waals surface area contributed by atoms with E-state index in [-0.39, 0.29) is 11.1 Å². The lowest BCUT2D eigenvalue weighted by atomic mass is 10.2. The predicted octanol–water partition coefficient (Wildman–Crippen LogP) is 2.25. The summed E-state index contributed by atoms with van der Waals surface area (Å²) in [4.78, 5) is 10.7. The number of hydrogen-bond acceptors (Lipinski definition) is 5. The highest BCUT2D eigenvalue weighted by Crippen LogP contribution is 2.36. The Morgan fingerprint density at radius 1 is 1.48 bits per heavy atom. The van der Waals surface area contributed by atoms with Gasteiger partial charge in [-0.05, 0) is 18.1 Å². The summed E-state index contributed by atoms with van der Waals surface area (Å²) in [5.41, 5.74) is 0.569. The van der Waals surface area contributed by atoms with Gasteiger partial charge in [0.2, 0.25) is 6.41 Å². The minimum absolute atomic E-state index is 0.00836. The molecule has 1 aromatic heterocycles. The minimum Gasteiger partial charge on any atom is -0.467 e. The summed E-state index contributed by atoms with van der Waals surface area (Å²) in [5.74, 6) is 0.428. The highest BCUT2D eigenvalue weighted by Gasteiger charge is 2.36. The van der Waals surface area contributed by atoms with E-state index in [0.717, 1.165) is 0 Å². The van der Waals surface area contributed by atoms with Gasteiger partial charge in [0.25, 0.3) is 5.88 Å². The summed E-state index contributed by atoms with van der Waals surface area (Å²) in [7, 11) is -1.76. The topological polar surface area (TPSA) is 74.6 Å². The molecule has 1 aliphatic rings. The molecular weight excluding hydrogens is 314 g/mol. The van der Waals surface area contributed by atoms with E-state index in [1.807, 2.05) is 0 Å². The molecule has 0 saturated carbocycles. The first-order valence-electron chi connectivity index (χ1n) is 7.89. The molecule has 0 aliphatic carbocycles. The SMILES string of the molecule is CC(C)(C)[Si](C)(C)OCCn1cc(NC=O)c(OC2COC2)n1. The number of carbonyl (C=O) groups is 1. The van der Waals surface area contributed by atoms with Crippen molar-refractivity contribution in [1.82, 2.24) is 9.78 Å². The highest BCUT2D eigenvalue weighted by atomic mass is 28.4. The molecule has 0 spiro atoms. The lowest BCUT2D eigenvalue weighted by Crippen LogP contribution is -2.41. The molecule has 23 heavy (non-hydrogen) atoms. The van der Waals surface area contributed by atoms with Gasteiger partial charge in [-0.2, -0.15) is 0 Å². The second kappa shape index (κ2) is 7.02. The molecule has 2 heterocycles. The van der Waals surface area contributed by atoms with E-state index in [0.29, 0.717) is 44.3 Å². The van der Waals surface area contributed by atoms with Crippen LogP contribution in [0.4, 0.5) is 5.69 Å². The van der Waals surface area contributed by atoms with Crippen LogP contribution in [0.2, 0.25) is 18.1 Å². The molecule has 130 valence electrons. The van der Waals surface area contributed by atoms with E-state index in [9.17, 15) is 4.79 Å². The quantitative estimate of drug-likeness (QED) is 0.580. The Hall–Kier alpha value is -1.38. The van der Waals surface area contributed by atoms with Gasteiger partial charge in [-0.1, -0.05) is 20.8 Å². The Morgan fingerprint density at radius 2 is 2.17 bits per heavy atom. The van der Waals surface area contributed by atoms with Crippen molar-refractivity contribution in [1.29, 1.82) is 0 Å². The van der Waals surface area contributed by atoms with Crippen LogP contribution in [0.5, 0.6) is 5.88 Å². The van der Waals surface area contributed by atoms with E-state index in [1.54, 1.807) is 10.9 Å². The van der Waals surface area contributed by atoms with Crippen LogP contribution < -0.4 is 10.1 Å². The third kappa shape index (κ3) is 4.55. The highest BCUT2D eigenvalue weighted by molar-refractivity contribution is 6.74. The zero-order valence-corrected chi connectivity index (χ0v) is 15.6. The zero-order chi connectivity index (χ0) is 17.1. The zero-order valence-electron chi connectivity index (χ0n) is 14.6. The third-order valence-electron chi connectivity index (χ3n) is 4.42. The maximum atomic E-state index is 10.7. The molecule has 2 rings (SSSR count). The summed E-state index contributed by atoms with van der Waals surface area (Å²) < 4.78 is 18.7. The second-order valence-corrected chi connectivity index (χ2v) is 12.1. The van der Waals surface area contributed by atoms with Crippen LogP contribution in [0.25, 0.3) is 0 Å². The minimum atomic E-state index is -1.76. The van der Waals surface area contributed by atoms with E-state index in [1.165, 1.54) is 0 Å². The average Bonchev–Trinajstić information content (AvgIpc) is 2.75. The standard InChI is InChI=1S/C15H27N3O4Si/c1-15(2,3)23(4,5)21-7-6-18-8-13(16-11-19)14(17-18)22-12-9-20-10-12/h8,11-12H,6-7,9-10H2,1-5H3,(H,16,19). The maximum absolute atomic E-state index is 10.7. The smallest absolute Gasteiger partial charge is 0.257 e. The van der Waals surface area contributed by atoms with E-state index >= 15 is 0 Å². The molecule has 1 N–H and O–H groups in total. The van der Waals surface area contributed by atoms with Crippen molar-refractivity contribution >= 4 is 20.4 Å². The summed E-state index contributed by atoms with van der Waals surface area (Å²) in [6, 6.07) is 0. The number of hydrogen-bond donors (Lipinski definition) is 1. The fourth-order valence-electron chi connectivity index (χ4n) is 1.82. The molecule has 1 saturated heterocycles. The third-order valence-corrected chi connectivity index (χ3v) is 8.96. The first kappa shape index (κ1) is 18.0. The van der Waals surface area contributed by atoms with Crippen molar-refractivity contribution < 1.29 is 18.7 Å². The molecule has 0 atom stereocenters. The monoisotopic (exact) mass is 341 g/mol. The summed E-state index contributed by atoms with van der Waals surface area (Å²) in [6.45, 7) is 13.4. The predicted molar refractivity (Wildman–Crippen MR) is 90.3 cm³/mol. The molecule has 0 radical (unpaired) electrons. The number of aromatic nitrogens is 2. The molecular formula is C15H27N3O4Si.